The molecule has 1 saturated heterocycles. The topological polar surface area (TPSA) is 67.6 Å². The van der Waals surface area contributed by atoms with E-state index in [2.05, 4.69) is 24.1 Å². The van der Waals surface area contributed by atoms with Gasteiger partial charge in [-0.2, -0.15) is 0 Å². The molecule has 3 N–H and O–H groups in total. The first kappa shape index (κ1) is 13.8. The molecule has 0 spiro atoms. The number of ether oxygens (including phenoxy) is 1. The van der Waals surface area contributed by atoms with Crippen molar-refractivity contribution in [3.8, 4) is 0 Å². The van der Waals surface area contributed by atoms with E-state index in [0.717, 1.165) is 12.2 Å². The van der Waals surface area contributed by atoms with Crippen LogP contribution in [0.4, 0.5) is 11.4 Å². The van der Waals surface area contributed by atoms with E-state index in [0.29, 0.717) is 25.4 Å². The van der Waals surface area contributed by atoms with Crippen LogP contribution >= 0.6 is 0 Å². The largest absolute Gasteiger partial charge is 0.399 e. The molecule has 1 heterocycles. The van der Waals surface area contributed by atoms with E-state index in [4.69, 9.17) is 10.5 Å². The zero-order valence-corrected chi connectivity index (χ0v) is 11.5. The van der Waals surface area contributed by atoms with Crippen LogP contribution in [0, 0.1) is 0 Å². The van der Waals surface area contributed by atoms with Gasteiger partial charge in [-0.25, -0.2) is 0 Å². The molecule has 0 atom stereocenters. The van der Waals surface area contributed by atoms with Crippen LogP contribution in [0.2, 0.25) is 0 Å². The fourth-order valence-electron chi connectivity index (χ4n) is 2.12. The van der Waals surface area contributed by atoms with E-state index in [-0.39, 0.29) is 11.4 Å². The normalized spacial score (nSPS) is 19.1. The van der Waals surface area contributed by atoms with Gasteiger partial charge in [-0.05, 0) is 38.1 Å². The van der Waals surface area contributed by atoms with E-state index in [9.17, 15) is 4.79 Å². The van der Waals surface area contributed by atoms with Crippen molar-refractivity contribution in [3.05, 3.63) is 24.3 Å². The molecule has 1 amide bonds. The second kappa shape index (κ2) is 5.59. The maximum Gasteiger partial charge on any atom is 0.238 e. The highest BCUT2D eigenvalue weighted by Gasteiger charge is 2.31. The number of nitrogens with one attached hydrogen (secondary N) is 1. The number of amides is 1. The van der Waals surface area contributed by atoms with Crippen LogP contribution in [-0.2, 0) is 9.53 Å². The van der Waals surface area contributed by atoms with E-state index < -0.39 is 0 Å². The van der Waals surface area contributed by atoms with E-state index in [1.165, 1.54) is 0 Å². The smallest absolute Gasteiger partial charge is 0.238 e. The Hall–Kier alpha value is -1.59. The molecular weight excluding hydrogens is 242 g/mol. The predicted molar refractivity (Wildman–Crippen MR) is 76.0 cm³/mol. The molecule has 1 aliphatic rings. The molecule has 0 aliphatic carbocycles. The van der Waals surface area contributed by atoms with Gasteiger partial charge in [0.15, 0.2) is 0 Å². The number of morpholine rings is 1. The van der Waals surface area contributed by atoms with Crippen LogP contribution < -0.4 is 11.1 Å². The van der Waals surface area contributed by atoms with Crippen molar-refractivity contribution in [2.24, 2.45) is 0 Å². The Kier molecular flexibility index (Phi) is 4.07. The van der Waals surface area contributed by atoms with Crippen molar-refractivity contribution in [3.63, 3.8) is 0 Å². The summed E-state index contributed by atoms with van der Waals surface area (Å²) in [5.41, 5.74) is 6.96. The van der Waals surface area contributed by atoms with Gasteiger partial charge in [0, 0.05) is 23.5 Å². The molecule has 5 heteroatoms. The first-order valence-corrected chi connectivity index (χ1v) is 6.45. The summed E-state index contributed by atoms with van der Waals surface area (Å²) < 4.78 is 5.44. The number of nitrogens with zero attached hydrogens (tertiary/aromatic N) is 1. The maximum atomic E-state index is 12.0. The summed E-state index contributed by atoms with van der Waals surface area (Å²) in [5.74, 6) is -0.0141. The number of rotatable bonds is 3. The molecule has 1 aromatic rings. The molecule has 2 rings (SSSR count). The molecule has 19 heavy (non-hydrogen) atoms. The van der Waals surface area contributed by atoms with Crippen molar-refractivity contribution in [2.75, 3.05) is 37.4 Å². The average molecular weight is 263 g/mol. The van der Waals surface area contributed by atoms with E-state index in [1.807, 2.05) is 0 Å². The summed E-state index contributed by atoms with van der Waals surface area (Å²) >= 11 is 0. The number of carbonyl (C=O) groups excluding carboxylic acids is 1. The van der Waals surface area contributed by atoms with Gasteiger partial charge in [0.1, 0.15) is 0 Å². The minimum Gasteiger partial charge on any atom is -0.399 e. The number of hydrogen-bond acceptors (Lipinski definition) is 4. The summed E-state index contributed by atoms with van der Waals surface area (Å²) in [5, 5.41) is 2.88. The molecule has 1 aliphatic heterocycles. The first-order chi connectivity index (χ1) is 8.97. The van der Waals surface area contributed by atoms with Crippen molar-refractivity contribution in [1.29, 1.82) is 0 Å². The van der Waals surface area contributed by atoms with Crippen molar-refractivity contribution in [2.45, 2.75) is 19.4 Å². The van der Waals surface area contributed by atoms with Crippen molar-refractivity contribution in [1.82, 2.24) is 4.90 Å². The van der Waals surface area contributed by atoms with E-state index in [1.54, 1.807) is 24.3 Å². The third kappa shape index (κ3) is 3.68. The lowest BCUT2D eigenvalue weighted by molar-refractivity contribution is -0.122. The van der Waals surface area contributed by atoms with Crippen molar-refractivity contribution >= 4 is 17.3 Å². The van der Waals surface area contributed by atoms with Gasteiger partial charge in [0.25, 0.3) is 0 Å². The predicted octanol–water partition coefficient (Wildman–Crippen LogP) is 1.32. The summed E-state index contributed by atoms with van der Waals surface area (Å²) in [6.07, 6.45) is 0. The molecule has 0 bridgehead atoms. The third-order valence-corrected chi connectivity index (χ3v) is 3.35. The number of anilines is 2. The van der Waals surface area contributed by atoms with Gasteiger partial charge >= 0.3 is 0 Å². The molecule has 0 unspecified atom stereocenters. The number of benzene rings is 1. The lowest BCUT2D eigenvalue weighted by atomic mass is 10.0. The zero-order valence-electron chi connectivity index (χ0n) is 11.5. The van der Waals surface area contributed by atoms with Gasteiger partial charge in [-0.1, -0.05) is 0 Å². The summed E-state index contributed by atoms with van der Waals surface area (Å²) in [7, 11) is 0. The fourth-order valence-corrected chi connectivity index (χ4v) is 2.12. The van der Waals surface area contributed by atoms with Gasteiger partial charge in [-0.3, -0.25) is 9.69 Å². The monoisotopic (exact) mass is 263 g/mol. The highest BCUT2D eigenvalue weighted by atomic mass is 16.5. The molecule has 0 aromatic heterocycles. The second-order valence-corrected chi connectivity index (χ2v) is 5.46. The highest BCUT2D eigenvalue weighted by Crippen LogP contribution is 2.18. The standard InChI is InChI=1S/C14H21N3O2/c1-14(2)10-19-8-7-17(14)9-13(18)16-12-5-3-11(15)4-6-12/h3-6H,7-10,15H2,1-2H3,(H,16,18). The summed E-state index contributed by atoms with van der Waals surface area (Å²) in [4.78, 5) is 14.2. The van der Waals surface area contributed by atoms with E-state index >= 15 is 0 Å². The van der Waals surface area contributed by atoms with Crippen LogP contribution in [0.3, 0.4) is 0 Å². The van der Waals surface area contributed by atoms with Gasteiger partial charge < -0.3 is 15.8 Å². The Labute approximate surface area is 113 Å². The SMILES string of the molecule is CC1(C)COCCN1CC(=O)Nc1ccc(N)cc1. The Morgan fingerprint density at radius 2 is 2.11 bits per heavy atom. The molecular formula is C14H21N3O2. The number of nitrogens with two attached hydrogens (primary N) is 1. The first-order valence-electron chi connectivity index (χ1n) is 6.45. The van der Waals surface area contributed by atoms with Gasteiger partial charge in [0.05, 0.1) is 19.8 Å². The molecule has 5 nitrogen and oxygen atoms in total. The van der Waals surface area contributed by atoms with Crippen LogP contribution in [0.25, 0.3) is 0 Å². The van der Waals surface area contributed by atoms with Gasteiger partial charge in [-0.15, -0.1) is 0 Å². The zero-order chi connectivity index (χ0) is 13.9. The van der Waals surface area contributed by atoms with Crippen LogP contribution in [-0.4, -0.2) is 42.6 Å². The second-order valence-electron chi connectivity index (χ2n) is 5.46. The minimum atomic E-state index is -0.100. The van der Waals surface area contributed by atoms with Crippen molar-refractivity contribution < 1.29 is 9.53 Å². The molecule has 0 saturated carbocycles. The third-order valence-electron chi connectivity index (χ3n) is 3.35. The molecule has 0 radical (unpaired) electrons. The number of hydrogen-bond donors (Lipinski definition) is 2. The van der Waals surface area contributed by atoms with Gasteiger partial charge in [0.2, 0.25) is 5.91 Å². The fraction of sp³-hybridized carbons (Fsp3) is 0.500. The highest BCUT2D eigenvalue weighted by molar-refractivity contribution is 5.92. The lowest BCUT2D eigenvalue weighted by Crippen LogP contribution is -2.55. The quantitative estimate of drug-likeness (QED) is 0.807. The molecule has 1 aromatic carbocycles. The Balaban J connectivity index is 1.92. The molecule has 1 fully saturated rings. The molecule has 104 valence electrons. The number of carbonyl (C=O) groups is 1. The van der Waals surface area contributed by atoms with Crippen LogP contribution in [0.15, 0.2) is 24.3 Å². The number of nitrogen functional groups attached to an aromatic ring is 1. The van der Waals surface area contributed by atoms with Crippen LogP contribution in [0.5, 0.6) is 0 Å². The average Bonchev–Trinajstić information content (AvgIpc) is 2.35. The Bertz CT molecular complexity index is 443. The summed E-state index contributed by atoms with van der Waals surface area (Å²) in [6.45, 7) is 6.66. The Morgan fingerprint density at radius 1 is 1.42 bits per heavy atom. The van der Waals surface area contributed by atoms with Crippen LogP contribution in [0.1, 0.15) is 13.8 Å². The lowest BCUT2D eigenvalue weighted by Gasteiger charge is -2.41. The summed E-state index contributed by atoms with van der Waals surface area (Å²) in [6, 6.07) is 7.15. The Morgan fingerprint density at radius 3 is 2.74 bits per heavy atom. The minimum absolute atomic E-state index is 0.0141. The maximum absolute atomic E-state index is 12.0.